The number of methoxy groups -OCH3 is 2. The average molecular weight is 405 g/mol. The minimum atomic E-state index is -0.158. The van der Waals surface area contributed by atoms with E-state index in [0.29, 0.717) is 22.3 Å². The molecule has 2 aromatic heterocycles. The van der Waals surface area contributed by atoms with Gasteiger partial charge in [0.15, 0.2) is 5.16 Å². The molecule has 0 atom stereocenters. The third-order valence-corrected chi connectivity index (χ3v) is 5.75. The molecule has 0 radical (unpaired) electrons. The molecule has 9 heteroatoms. The van der Waals surface area contributed by atoms with Gasteiger partial charge in [0.05, 0.1) is 25.7 Å². The number of anilines is 1. The van der Waals surface area contributed by atoms with Crippen LogP contribution in [0.1, 0.15) is 10.7 Å². The van der Waals surface area contributed by atoms with Gasteiger partial charge in [0, 0.05) is 24.4 Å². The molecule has 0 unspecified atom stereocenters. The Bertz CT molecular complexity index is 909. The maximum Gasteiger partial charge on any atom is 0.234 e. The van der Waals surface area contributed by atoms with Crippen molar-refractivity contribution >= 4 is 34.7 Å². The molecule has 0 aliphatic rings. The van der Waals surface area contributed by atoms with Crippen molar-refractivity contribution in [2.75, 3.05) is 25.3 Å². The van der Waals surface area contributed by atoms with Gasteiger partial charge in [0.2, 0.25) is 5.91 Å². The van der Waals surface area contributed by atoms with E-state index < -0.39 is 0 Å². The summed E-state index contributed by atoms with van der Waals surface area (Å²) in [6.45, 7) is 0. The van der Waals surface area contributed by atoms with Gasteiger partial charge in [-0.2, -0.15) is 0 Å². The van der Waals surface area contributed by atoms with Crippen molar-refractivity contribution in [1.29, 1.82) is 0 Å². The lowest BCUT2D eigenvalue weighted by atomic mass is 10.2. The van der Waals surface area contributed by atoms with E-state index in [-0.39, 0.29) is 11.7 Å². The molecule has 27 heavy (non-hydrogen) atoms. The molecule has 0 saturated carbocycles. The molecule has 1 aromatic carbocycles. The van der Waals surface area contributed by atoms with E-state index in [9.17, 15) is 4.79 Å². The number of thioether (sulfide) groups is 1. The second-order valence-corrected chi connectivity index (χ2v) is 7.59. The number of rotatable bonds is 8. The van der Waals surface area contributed by atoms with Crippen molar-refractivity contribution in [1.82, 2.24) is 14.8 Å². The highest BCUT2D eigenvalue weighted by atomic mass is 32.2. The number of nitrogens with zero attached hydrogens (tertiary/aromatic N) is 3. The third kappa shape index (κ3) is 4.81. The van der Waals surface area contributed by atoms with Crippen LogP contribution >= 0.6 is 23.1 Å². The maximum absolute atomic E-state index is 12.3. The summed E-state index contributed by atoms with van der Waals surface area (Å²) in [4.78, 5) is 13.6. The fraction of sp³-hybridized carbons (Fsp3) is 0.278. The van der Waals surface area contributed by atoms with Crippen LogP contribution in [0, 0.1) is 0 Å². The van der Waals surface area contributed by atoms with Crippen LogP contribution in [0.3, 0.4) is 0 Å². The van der Waals surface area contributed by atoms with Crippen molar-refractivity contribution in [3.8, 4) is 11.5 Å². The number of carbonyl (C=O) groups is 1. The van der Waals surface area contributed by atoms with Crippen LogP contribution in [0.2, 0.25) is 0 Å². The molecule has 3 rings (SSSR count). The number of aromatic nitrogens is 3. The van der Waals surface area contributed by atoms with Crippen LogP contribution in [0.25, 0.3) is 0 Å². The molecule has 0 spiro atoms. The van der Waals surface area contributed by atoms with Gasteiger partial charge < -0.3 is 19.4 Å². The summed E-state index contributed by atoms with van der Waals surface area (Å²) in [5.41, 5.74) is 0.568. The van der Waals surface area contributed by atoms with Crippen molar-refractivity contribution in [3.05, 3.63) is 46.4 Å². The zero-order valence-electron chi connectivity index (χ0n) is 15.3. The van der Waals surface area contributed by atoms with E-state index in [1.54, 1.807) is 43.8 Å². The van der Waals surface area contributed by atoms with Crippen LogP contribution < -0.4 is 14.8 Å². The molecule has 0 aliphatic heterocycles. The maximum atomic E-state index is 12.3. The zero-order valence-corrected chi connectivity index (χ0v) is 16.9. The predicted octanol–water partition coefficient (Wildman–Crippen LogP) is 3.22. The van der Waals surface area contributed by atoms with Crippen LogP contribution in [0.15, 0.2) is 40.9 Å². The van der Waals surface area contributed by atoms with E-state index in [0.717, 1.165) is 12.2 Å². The minimum absolute atomic E-state index is 0.158. The first-order chi connectivity index (χ1) is 13.1. The lowest BCUT2D eigenvalue weighted by Crippen LogP contribution is -2.15. The summed E-state index contributed by atoms with van der Waals surface area (Å²) in [6.07, 6.45) is 0.731. The van der Waals surface area contributed by atoms with Crippen LogP contribution in [-0.4, -0.2) is 40.6 Å². The SMILES string of the molecule is COc1ccc(OC)c(NC(=O)CSc2nnc(Cc3cccs3)n2C)c1. The highest BCUT2D eigenvalue weighted by molar-refractivity contribution is 7.99. The first-order valence-electron chi connectivity index (χ1n) is 8.16. The van der Waals surface area contributed by atoms with Crippen LogP contribution in [-0.2, 0) is 18.3 Å². The van der Waals surface area contributed by atoms with Crippen LogP contribution in [0.4, 0.5) is 5.69 Å². The lowest BCUT2D eigenvalue weighted by Gasteiger charge is -2.11. The summed E-state index contributed by atoms with van der Waals surface area (Å²) in [7, 11) is 5.04. The van der Waals surface area contributed by atoms with Gasteiger partial charge in [-0.1, -0.05) is 17.8 Å². The third-order valence-electron chi connectivity index (χ3n) is 3.85. The molecular formula is C18H20N4O3S2. The Hall–Kier alpha value is -2.52. The summed E-state index contributed by atoms with van der Waals surface area (Å²) in [6, 6.07) is 9.34. The molecule has 2 heterocycles. The second-order valence-electron chi connectivity index (χ2n) is 5.62. The number of nitrogens with one attached hydrogen (secondary N) is 1. The Balaban J connectivity index is 1.60. The predicted molar refractivity (Wildman–Crippen MR) is 107 cm³/mol. The van der Waals surface area contributed by atoms with Gasteiger partial charge >= 0.3 is 0 Å². The van der Waals surface area contributed by atoms with E-state index in [2.05, 4.69) is 21.6 Å². The monoisotopic (exact) mass is 404 g/mol. The minimum Gasteiger partial charge on any atom is -0.497 e. The Kier molecular flexibility index (Phi) is 6.36. The molecule has 3 aromatic rings. The lowest BCUT2D eigenvalue weighted by molar-refractivity contribution is -0.113. The van der Waals surface area contributed by atoms with Crippen molar-refractivity contribution < 1.29 is 14.3 Å². The summed E-state index contributed by atoms with van der Waals surface area (Å²) in [5.74, 6) is 2.14. The van der Waals surface area contributed by atoms with E-state index in [1.807, 2.05) is 23.1 Å². The molecule has 1 N–H and O–H groups in total. The quantitative estimate of drug-likeness (QED) is 0.581. The first-order valence-corrected chi connectivity index (χ1v) is 10.0. The van der Waals surface area contributed by atoms with Gasteiger partial charge in [-0.25, -0.2) is 0 Å². The molecule has 0 bridgehead atoms. The number of amides is 1. The van der Waals surface area contributed by atoms with Gasteiger partial charge in [0.25, 0.3) is 0 Å². The van der Waals surface area contributed by atoms with Gasteiger partial charge in [-0.15, -0.1) is 21.5 Å². The van der Waals surface area contributed by atoms with Crippen molar-refractivity contribution in [3.63, 3.8) is 0 Å². The van der Waals surface area contributed by atoms with Gasteiger partial charge in [0.1, 0.15) is 17.3 Å². The highest BCUT2D eigenvalue weighted by Crippen LogP contribution is 2.29. The molecule has 1 amide bonds. The molecule has 7 nitrogen and oxygen atoms in total. The Morgan fingerprint density at radius 1 is 1.26 bits per heavy atom. The molecule has 142 valence electrons. The topological polar surface area (TPSA) is 78.3 Å². The molecule has 0 saturated heterocycles. The number of carbonyl (C=O) groups excluding carboxylic acids is 1. The normalized spacial score (nSPS) is 10.6. The largest absolute Gasteiger partial charge is 0.497 e. The van der Waals surface area contributed by atoms with Crippen LogP contribution in [0.5, 0.6) is 11.5 Å². The molecule has 0 fully saturated rings. The Morgan fingerprint density at radius 3 is 2.81 bits per heavy atom. The van der Waals surface area contributed by atoms with Crippen molar-refractivity contribution in [2.24, 2.45) is 7.05 Å². The van der Waals surface area contributed by atoms with E-state index in [4.69, 9.17) is 9.47 Å². The number of hydrogen-bond acceptors (Lipinski definition) is 7. The molecule has 0 aliphatic carbocycles. The number of thiophene rings is 1. The number of ether oxygens (including phenoxy) is 2. The van der Waals surface area contributed by atoms with E-state index in [1.165, 1.54) is 16.6 Å². The number of hydrogen-bond donors (Lipinski definition) is 1. The Morgan fingerprint density at radius 2 is 2.11 bits per heavy atom. The fourth-order valence-corrected chi connectivity index (χ4v) is 3.85. The summed E-state index contributed by atoms with van der Waals surface area (Å²) in [5, 5.41) is 14.0. The highest BCUT2D eigenvalue weighted by Gasteiger charge is 2.14. The summed E-state index contributed by atoms with van der Waals surface area (Å²) < 4.78 is 12.4. The zero-order chi connectivity index (χ0) is 19.2. The Labute approximate surface area is 165 Å². The first kappa shape index (κ1) is 19.2. The smallest absolute Gasteiger partial charge is 0.234 e. The second kappa shape index (κ2) is 8.92. The van der Waals surface area contributed by atoms with Gasteiger partial charge in [-0.3, -0.25) is 4.79 Å². The fourth-order valence-electron chi connectivity index (χ4n) is 2.42. The standard InChI is InChI=1S/C18H20N4O3S2/c1-22-16(10-13-5-4-8-26-13)20-21-18(22)27-11-17(23)19-14-9-12(24-2)6-7-15(14)25-3/h4-9H,10-11H2,1-3H3,(H,19,23). The average Bonchev–Trinajstić information content (AvgIpc) is 3.31. The van der Waals surface area contributed by atoms with Crippen molar-refractivity contribution in [2.45, 2.75) is 11.6 Å². The summed E-state index contributed by atoms with van der Waals surface area (Å²) >= 11 is 3.03. The molecular weight excluding hydrogens is 384 g/mol. The van der Waals surface area contributed by atoms with E-state index >= 15 is 0 Å². The van der Waals surface area contributed by atoms with Gasteiger partial charge in [-0.05, 0) is 23.6 Å². The number of benzene rings is 1.